The summed E-state index contributed by atoms with van der Waals surface area (Å²) in [4.78, 5) is 25.0. The zero-order chi connectivity index (χ0) is 22.8. The summed E-state index contributed by atoms with van der Waals surface area (Å²) >= 11 is 1.61. The molecule has 0 fully saturated rings. The minimum atomic E-state index is -0.0493. The highest BCUT2D eigenvalue weighted by atomic mass is 32.1. The van der Waals surface area contributed by atoms with E-state index in [0.29, 0.717) is 23.8 Å². The Labute approximate surface area is 191 Å². The lowest BCUT2D eigenvalue weighted by molar-refractivity contribution is -0.117. The highest BCUT2D eigenvalue weighted by molar-refractivity contribution is 7.17. The SMILES string of the molecule is COc1cc(C2=NCC(=O)N(Cc3ccncc3)c3sc(C)c(C)c32)cc(OC)c1OC. The number of aromatic nitrogens is 1. The van der Waals surface area contributed by atoms with Crippen molar-refractivity contribution in [1.29, 1.82) is 0 Å². The molecule has 0 unspecified atom stereocenters. The van der Waals surface area contributed by atoms with Crippen LogP contribution in [-0.2, 0) is 11.3 Å². The minimum Gasteiger partial charge on any atom is -0.493 e. The van der Waals surface area contributed by atoms with Crippen LogP contribution >= 0.6 is 11.3 Å². The molecule has 3 heterocycles. The number of hydrogen-bond acceptors (Lipinski definition) is 7. The predicted octanol–water partition coefficient (Wildman–Crippen LogP) is 4.17. The van der Waals surface area contributed by atoms with Gasteiger partial charge in [0.15, 0.2) is 11.5 Å². The molecule has 0 radical (unpaired) electrons. The fraction of sp³-hybridized carbons (Fsp3) is 0.292. The number of fused-ring (bicyclic) bond motifs is 1. The van der Waals surface area contributed by atoms with Gasteiger partial charge in [-0.1, -0.05) is 0 Å². The van der Waals surface area contributed by atoms with E-state index in [1.807, 2.05) is 29.2 Å². The van der Waals surface area contributed by atoms with Crippen LogP contribution in [0.5, 0.6) is 17.2 Å². The van der Waals surface area contributed by atoms with E-state index < -0.39 is 0 Å². The third kappa shape index (κ3) is 3.82. The lowest BCUT2D eigenvalue weighted by Crippen LogP contribution is -2.31. The van der Waals surface area contributed by atoms with Gasteiger partial charge in [0.2, 0.25) is 11.7 Å². The molecule has 0 saturated carbocycles. The second-order valence-electron chi connectivity index (χ2n) is 7.38. The van der Waals surface area contributed by atoms with E-state index in [-0.39, 0.29) is 12.5 Å². The van der Waals surface area contributed by atoms with Gasteiger partial charge < -0.3 is 14.2 Å². The standard InChI is InChI=1S/C24H25N3O4S/c1-14-15(2)32-24-21(14)22(17-10-18(29-3)23(31-5)19(11-17)30-4)26-12-20(28)27(24)13-16-6-8-25-9-7-16/h6-11H,12-13H2,1-5H3. The number of carbonyl (C=O) groups is 1. The molecular weight excluding hydrogens is 426 g/mol. The summed E-state index contributed by atoms with van der Waals surface area (Å²) < 4.78 is 16.6. The minimum absolute atomic E-state index is 0.0493. The van der Waals surface area contributed by atoms with E-state index in [2.05, 4.69) is 18.8 Å². The van der Waals surface area contributed by atoms with Gasteiger partial charge in [-0.3, -0.25) is 19.7 Å². The highest BCUT2D eigenvalue weighted by Crippen LogP contribution is 2.43. The maximum absolute atomic E-state index is 13.2. The van der Waals surface area contributed by atoms with E-state index in [1.165, 1.54) is 0 Å². The molecule has 2 aromatic heterocycles. The summed E-state index contributed by atoms with van der Waals surface area (Å²) in [6, 6.07) is 7.59. The molecule has 0 atom stereocenters. The van der Waals surface area contributed by atoms with E-state index in [9.17, 15) is 4.79 Å². The van der Waals surface area contributed by atoms with Crippen molar-refractivity contribution in [3.63, 3.8) is 0 Å². The van der Waals surface area contributed by atoms with Crippen LogP contribution in [-0.4, -0.2) is 44.5 Å². The number of ether oxygens (including phenoxy) is 3. The van der Waals surface area contributed by atoms with Crippen LogP contribution in [0.25, 0.3) is 0 Å². The molecule has 3 aromatic rings. The average molecular weight is 452 g/mol. The van der Waals surface area contributed by atoms with Crippen molar-refractivity contribution < 1.29 is 19.0 Å². The number of aliphatic imine (C=N–C) groups is 1. The van der Waals surface area contributed by atoms with Gasteiger partial charge in [-0.15, -0.1) is 11.3 Å². The van der Waals surface area contributed by atoms with Gasteiger partial charge in [0.05, 0.1) is 33.6 Å². The number of thiophene rings is 1. The summed E-state index contributed by atoms with van der Waals surface area (Å²) in [5.74, 6) is 1.55. The van der Waals surface area contributed by atoms with E-state index in [0.717, 1.165) is 37.8 Å². The molecule has 0 spiro atoms. The third-order valence-corrected chi connectivity index (χ3v) is 6.78. The summed E-state index contributed by atoms with van der Waals surface area (Å²) in [5.41, 5.74) is 4.62. The van der Waals surface area contributed by atoms with Gasteiger partial charge in [0.25, 0.3) is 0 Å². The Morgan fingerprint density at radius 1 is 1.03 bits per heavy atom. The Kier molecular flexibility index (Phi) is 6.14. The number of anilines is 1. The molecule has 1 amide bonds. The number of pyridine rings is 1. The molecule has 166 valence electrons. The van der Waals surface area contributed by atoms with Gasteiger partial charge >= 0.3 is 0 Å². The largest absolute Gasteiger partial charge is 0.493 e. The Hall–Kier alpha value is -3.39. The first kappa shape index (κ1) is 21.8. The number of aryl methyl sites for hydroxylation is 1. The zero-order valence-corrected chi connectivity index (χ0v) is 19.6. The first-order valence-electron chi connectivity index (χ1n) is 10.1. The smallest absolute Gasteiger partial charge is 0.249 e. The number of carbonyl (C=O) groups excluding carboxylic acids is 1. The van der Waals surface area contributed by atoms with Gasteiger partial charge in [-0.05, 0) is 49.2 Å². The number of benzene rings is 1. The van der Waals surface area contributed by atoms with Crippen molar-refractivity contribution in [2.24, 2.45) is 4.99 Å². The number of hydrogen-bond donors (Lipinski definition) is 0. The van der Waals surface area contributed by atoms with Crippen LogP contribution in [0.3, 0.4) is 0 Å². The maximum Gasteiger partial charge on any atom is 0.249 e. The van der Waals surface area contributed by atoms with Crippen molar-refractivity contribution in [1.82, 2.24) is 4.98 Å². The van der Waals surface area contributed by atoms with Gasteiger partial charge in [-0.2, -0.15) is 0 Å². The first-order valence-corrected chi connectivity index (χ1v) is 10.9. The predicted molar refractivity (Wildman–Crippen MR) is 126 cm³/mol. The summed E-state index contributed by atoms with van der Waals surface area (Å²) in [6.45, 7) is 4.65. The summed E-state index contributed by atoms with van der Waals surface area (Å²) in [5, 5.41) is 0.895. The lowest BCUT2D eigenvalue weighted by Gasteiger charge is -2.21. The van der Waals surface area contributed by atoms with Gasteiger partial charge in [0.1, 0.15) is 11.5 Å². The Morgan fingerprint density at radius 2 is 1.69 bits per heavy atom. The van der Waals surface area contributed by atoms with Crippen LogP contribution < -0.4 is 19.1 Å². The van der Waals surface area contributed by atoms with Crippen molar-refractivity contribution in [2.45, 2.75) is 20.4 Å². The molecule has 0 N–H and O–H groups in total. The molecule has 4 rings (SSSR count). The molecule has 1 aliphatic rings. The van der Waals surface area contributed by atoms with Crippen molar-refractivity contribution >= 4 is 28.0 Å². The molecular formula is C24H25N3O4S. The van der Waals surface area contributed by atoms with Gasteiger partial charge in [-0.25, -0.2) is 0 Å². The Morgan fingerprint density at radius 3 is 2.28 bits per heavy atom. The molecule has 0 aliphatic carbocycles. The first-order chi connectivity index (χ1) is 15.5. The van der Waals surface area contributed by atoms with Crippen LogP contribution in [0.4, 0.5) is 5.00 Å². The maximum atomic E-state index is 13.2. The second-order valence-corrected chi connectivity index (χ2v) is 8.58. The van der Waals surface area contributed by atoms with Gasteiger partial charge in [0, 0.05) is 28.4 Å². The van der Waals surface area contributed by atoms with Crippen molar-refractivity contribution in [3.8, 4) is 17.2 Å². The number of methoxy groups -OCH3 is 3. The van der Waals surface area contributed by atoms with Crippen LogP contribution in [0.15, 0.2) is 41.7 Å². The zero-order valence-electron chi connectivity index (χ0n) is 18.8. The number of nitrogens with zero attached hydrogens (tertiary/aromatic N) is 3. The topological polar surface area (TPSA) is 73.2 Å². The second kappa shape index (κ2) is 9.00. The molecule has 0 bridgehead atoms. The van der Waals surface area contributed by atoms with Crippen molar-refractivity contribution in [3.05, 3.63) is 63.8 Å². The monoisotopic (exact) mass is 451 g/mol. The van der Waals surface area contributed by atoms with E-state index in [4.69, 9.17) is 19.2 Å². The fourth-order valence-electron chi connectivity index (χ4n) is 3.79. The fourth-order valence-corrected chi connectivity index (χ4v) is 4.96. The highest BCUT2D eigenvalue weighted by Gasteiger charge is 2.30. The normalized spacial score (nSPS) is 13.3. The molecule has 32 heavy (non-hydrogen) atoms. The van der Waals surface area contributed by atoms with Crippen molar-refractivity contribution in [2.75, 3.05) is 32.8 Å². The molecule has 1 aliphatic heterocycles. The average Bonchev–Trinajstić information content (AvgIpc) is 3.03. The lowest BCUT2D eigenvalue weighted by atomic mass is 9.99. The van der Waals surface area contributed by atoms with Crippen LogP contribution in [0, 0.1) is 13.8 Å². The summed E-state index contributed by atoms with van der Waals surface area (Å²) in [6.07, 6.45) is 3.47. The van der Waals surface area contributed by atoms with E-state index >= 15 is 0 Å². The molecule has 7 nitrogen and oxygen atoms in total. The molecule has 8 heteroatoms. The van der Waals surface area contributed by atoms with Crippen LogP contribution in [0.2, 0.25) is 0 Å². The third-order valence-electron chi connectivity index (χ3n) is 5.55. The quantitative estimate of drug-likeness (QED) is 0.562. The number of amides is 1. The Balaban J connectivity index is 1.87. The van der Waals surface area contributed by atoms with Crippen LogP contribution in [0.1, 0.15) is 27.1 Å². The van der Waals surface area contributed by atoms with E-state index in [1.54, 1.807) is 45.1 Å². The Bertz CT molecular complexity index is 1160. The molecule has 1 aromatic carbocycles. The molecule has 0 saturated heterocycles. The number of rotatable bonds is 6. The summed E-state index contributed by atoms with van der Waals surface area (Å²) in [7, 11) is 4.74.